The maximum Gasteiger partial charge on any atom is 0.310 e. The van der Waals surface area contributed by atoms with Crippen LogP contribution >= 0.6 is 0 Å². The zero-order chi connectivity index (χ0) is 13.9. The molecule has 18 heavy (non-hydrogen) atoms. The monoisotopic (exact) mass is 270 g/mol. The van der Waals surface area contributed by atoms with Gasteiger partial charge >= 0.3 is 5.97 Å². The van der Waals surface area contributed by atoms with Crippen molar-refractivity contribution in [2.75, 3.05) is 0 Å². The molecule has 2 unspecified atom stereocenters. The van der Waals surface area contributed by atoms with Crippen LogP contribution in [0, 0.1) is 0 Å². The molecule has 0 aromatic heterocycles. The average molecular weight is 270 g/mol. The lowest BCUT2D eigenvalue weighted by atomic mass is 10.0. The molecule has 0 amide bonds. The summed E-state index contributed by atoms with van der Waals surface area (Å²) in [7, 11) is -3.30. The molecule has 0 radical (unpaired) electrons. The van der Waals surface area contributed by atoms with E-state index >= 15 is 0 Å². The largest absolute Gasteiger partial charge is 0.481 e. The standard InChI is InChI=1S/C13H18O4S/c1-4-9(2)18(16,17)12-7-5-11(6-8-12)10(3)13(14)15/h5-10H,4H2,1-3H3,(H,14,15). The highest BCUT2D eigenvalue weighted by molar-refractivity contribution is 7.92. The van der Waals surface area contributed by atoms with E-state index in [9.17, 15) is 13.2 Å². The fraction of sp³-hybridized carbons (Fsp3) is 0.462. The van der Waals surface area contributed by atoms with Gasteiger partial charge in [0.25, 0.3) is 0 Å². The van der Waals surface area contributed by atoms with Gasteiger partial charge in [0, 0.05) is 0 Å². The Balaban J connectivity index is 3.07. The smallest absolute Gasteiger partial charge is 0.310 e. The van der Waals surface area contributed by atoms with Gasteiger partial charge in [0.2, 0.25) is 0 Å². The molecule has 0 saturated carbocycles. The number of carboxylic acid groups (broad SMARTS) is 1. The van der Waals surface area contributed by atoms with Crippen LogP contribution in [0.3, 0.4) is 0 Å². The number of benzene rings is 1. The highest BCUT2D eigenvalue weighted by atomic mass is 32.2. The number of carboxylic acids is 1. The zero-order valence-corrected chi connectivity index (χ0v) is 11.6. The first-order valence-corrected chi connectivity index (χ1v) is 7.42. The van der Waals surface area contributed by atoms with Gasteiger partial charge in [0.05, 0.1) is 16.1 Å². The summed E-state index contributed by atoms with van der Waals surface area (Å²) in [6.07, 6.45) is 0.551. The second kappa shape index (κ2) is 5.52. The second-order valence-corrected chi connectivity index (χ2v) is 6.76. The maximum atomic E-state index is 12.1. The Morgan fingerprint density at radius 2 is 1.72 bits per heavy atom. The van der Waals surface area contributed by atoms with Crippen molar-refractivity contribution in [2.24, 2.45) is 0 Å². The van der Waals surface area contributed by atoms with Gasteiger partial charge in [-0.25, -0.2) is 8.42 Å². The third-order valence-corrected chi connectivity index (χ3v) is 5.51. The zero-order valence-electron chi connectivity index (χ0n) is 10.8. The molecule has 0 heterocycles. The molecule has 1 N–H and O–H groups in total. The fourth-order valence-corrected chi connectivity index (χ4v) is 2.96. The molecule has 5 heteroatoms. The molecule has 100 valence electrons. The molecular weight excluding hydrogens is 252 g/mol. The van der Waals surface area contributed by atoms with Gasteiger partial charge in [0.15, 0.2) is 9.84 Å². The molecule has 0 aliphatic rings. The SMILES string of the molecule is CCC(C)S(=O)(=O)c1ccc(C(C)C(=O)O)cc1. The molecule has 1 aromatic rings. The Kier molecular flexibility index (Phi) is 4.51. The first-order chi connectivity index (χ1) is 8.30. The van der Waals surface area contributed by atoms with Crippen molar-refractivity contribution < 1.29 is 18.3 Å². The number of rotatable bonds is 5. The van der Waals surface area contributed by atoms with Crippen molar-refractivity contribution in [1.82, 2.24) is 0 Å². The van der Waals surface area contributed by atoms with Crippen molar-refractivity contribution >= 4 is 15.8 Å². The third-order valence-electron chi connectivity index (χ3n) is 3.18. The van der Waals surface area contributed by atoms with E-state index in [0.29, 0.717) is 12.0 Å². The minimum absolute atomic E-state index is 0.248. The van der Waals surface area contributed by atoms with Crippen molar-refractivity contribution in [1.29, 1.82) is 0 Å². The van der Waals surface area contributed by atoms with Crippen LogP contribution in [0.1, 0.15) is 38.7 Å². The Labute approximate surface area is 108 Å². The van der Waals surface area contributed by atoms with Crippen LogP contribution in [-0.2, 0) is 14.6 Å². The molecular formula is C13H18O4S. The lowest BCUT2D eigenvalue weighted by molar-refractivity contribution is -0.138. The van der Waals surface area contributed by atoms with E-state index in [0.717, 1.165) is 0 Å². The van der Waals surface area contributed by atoms with E-state index in [1.54, 1.807) is 26.0 Å². The molecule has 2 atom stereocenters. The van der Waals surface area contributed by atoms with Crippen LogP contribution in [0.2, 0.25) is 0 Å². The van der Waals surface area contributed by atoms with Gasteiger partial charge in [-0.1, -0.05) is 19.1 Å². The number of aliphatic carboxylic acids is 1. The summed E-state index contributed by atoms with van der Waals surface area (Å²) in [5.74, 6) is -1.56. The van der Waals surface area contributed by atoms with Crippen LogP contribution in [0.15, 0.2) is 29.2 Å². The van der Waals surface area contributed by atoms with Crippen LogP contribution in [0.4, 0.5) is 0 Å². The lowest BCUT2D eigenvalue weighted by Gasteiger charge is -2.12. The molecule has 0 saturated heterocycles. The Morgan fingerprint density at radius 1 is 1.22 bits per heavy atom. The van der Waals surface area contributed by atoms with Gasteiger partial charge in [0.1, 0.15) is 0 Å². The first-order valence-electron chi connectivity index (χ1n) is 5.87. The molecule has 4 nitrogen and oxygen atoms in total. The summed E-state index contributed by atoms with van der Waals surface area (Å²) < 4.78 is 24.1. The molecule has 0 fully saturated rings. The second-order valence-electron chi connectivity index (χ2n) is 4.39. The summed E-state index contributed by atoms with van der Waals surface area (Å²) >= 11 is 0. The van der Waals surface area contributed by atoms with E-state index < -0.39 is 27.0 Å². The van der Waals surface area contributed by atoms with E-state index in [1.165, 1.54) is 12.1 Å². The molecule has 0 aliphatic heterocycles. The van der Waals surface area contributed by atoms with E-state index in [-0.39, 0.29) is 4.90 Å². The lowest BCUT2D eigenvalue weighted by Crippen LogP contribution is -2.17. The van der Waals surface area contributed by atoms with Crippen molar-refractivity contribution in [2.45, 2.75) is 43.3 Å². The topological polar surface area (TPSA) is 71.4 Å². The third kappa shape index (κ3) is 2.90. The normalized spacial score (nSPS) is 15.1. The van der Waals surface area contributed by atoms with Gasteiger partial charge < -0.3 is 5.11 Å². The summed E-state index contributed by atoms with van der Waals surface area (Å²) in [4.78, 5) is 11.1. The number of carbonyl (C=O) groups is 1. The molecule has 0 spiro atoms. The molecule has 1 rings (SSSR count). The van der Waals surface area contributed by atoms with E-state index in [4.69, 9.17) is 5.11 Å². The van der Waals surface area contributed by atoms with Crippen LogP contribution in [0.5, 0.6) is 0 Å². The van der Waals surface area contributed by atoms with Crippen molar-refractivity contribution in [3.63, 3.8) is 0 Å². The quantitative estimate of drug-likeness (QED) is 0.892. The Bertz CT molecular complexity index is 516. The van der Waals surface area contributed by atoms with Gasteiger partial charge in [-0.15, -0.1) is 0 Å². The van der Waals surface area contributed by atoms with E-state index in [1.807, 2.05) is 6.92 Å². The Morgan fingerprint density at radius 3 is 2.11 bits per heavy atom. The van der Waals surface area contributed by atoms with Crippen LogP contribution in [0.25, 0.3) is 0 Å². The van der Waals surface area contributed by atoms with Crippen molar-refractivity contribution in [3.8, 4) is 0 Å². The summed E-state index contributed by atoms with van der Waals surface area (Å²) in [5.41, 5.74) is 0.602. The molecule has 0 bridgehead atoms. The summed E-state index contributed by atoms with van der Waals surface area (Å²) in [6.45, 7) is 5.06. The minimum Gasteiger partial charge on any atom is -0.481 e. The van der Waals surface area contributed by atoms with Gasteiger partial charge in [-0.05, 0) is 38.0 Å². The highest BCUT2D eigenvalue weighted by Gasteiger charge is 2.22. The predicted molar refractivity (Wildman–Crippen MR) is 69.4 cm³/mol. The van der Waals surface area contributed by atoms with Crippen molar-refractivity contribution in [3.05, 3.63) is 29.8 Å². The fourth-order valence-electron chi connectivity index (χ4n) is 1.54. The number of hydrogen-bond acceptors (Lipinski definition) is 3. The average Bonchev–Trinajstić information content (AvgIpc) is 2.36. The van der Waals surface area contributed by atoms with Crippen LogP contribution in [-0.4, -0.2) is 24.7 Å². The molecule has 1 aromatic carbocycles. The van der Waals surface area contributed by atoms with E-state index in [2.05, 4.69) is 0 Å². The Hall–Kier alpha value is -1.36. The minimum atomic E-state index is -3.30. The summed E-state index contributed by atoms with van der Waals surface area (Å²) in [5, 5.41) is 8.44. The first kappa shape index (κ1) is 14.7. The van der Waals surface area contributed by atoms with Gasteiger partial charge in [-0.3, -0.25) is 4.79 Å². The van der Waals surface area contributed by atoms with Crippen LogP contribution < -0.4 is 0 Å². The number of hydrogen-bond donors (Lipinski definition) is 1. The molecule has 0 aliphatic carbocycles. The highest BCUT2D eigenvalue weighted by Crippen LogP contribution is 2.21. The maximum absolute atomic E-state index is 12.1. The number of sulfone groups is 1. The summed E-state index contributed by atoms with van der Waals surface area (Å²) in [6, 6.07) is 6.09. The van der Waals surface area contributed by atoms with Gasteiger partial charge in [-0.2, -0.15) is 0 Å². The predicted octanol–water partition coefficient (Wildman–Crippen LogP) is 2.45.